The number of rotatable bonds is 5. The number of thiophene rings is 1. The highest BCUT2D eigenvalue weighted by Crippen LogP contribution is 2.42. The summed E-state index contributed by atoms with van der Waals surface area (Å²) in [5, 5.41) is 13.3. The van der Waals surface area contributed by atoms with Crippen LogP contribution in [0.5, 0.6) is 0 Å². The van der Waals surface area contributed by atoms with Crippen LogP contribution in [0.1, 0.15) is 4.88 Å². The van der Waals surface area contributed by atoms with Gasteiger partial charge in [-0.3, -0.25) is 24.5 Å². The van der Waals surface area contributed by atoms with Crippen molar-refractivity contribution in [3.63, 3.8) is 0 Å². The van der Waals surface area contributed by atoms with E-state index in [1.807, 2.05) is 17.5 Å². The molecule has 6 rings (SSSR count). The van der Waals surface area contributed by atoms with Crippen LogP contribution in [0, 0.1) is 0 Å². The second-order valence-corrected chi connectivity index (χ2v) is 14.7. The molecule has 0 atom stereocenters. The van der Waals surface area contributed by atoms with Crippen molar-refractivity contribution < 1.29 is 26.1 Å². The Morgan fingerprint density at radius 2 is 1.73 bits per heavy atom. The molecular weight excluding hydrogens is 579 g/mol. The molecule has 5 heterocycles. The molecule has 220 valence electrons. The fourth-order valence-corrected chi connectivity index (χ4v) is 7.27. The first-order chi connectivity index (χ1) is 19.0. The van der Waals surface area contributed by atoms with E-state index in [0.717, 1.165) is 70.2 Å². The molecule has 0 radical (unpaired) electrons. The van der Waals surface area contributed by atoms with Crippen molar-refractivity contribution in [1.29, 1.82) is 0 Å². The molecule has 3 aliphatic rings. The van der Waals surface area contributed by atoms with Crippen LogP contribution >= 0.6 is 11.3 Å². The summed E-state index contributed by atoms with van der Waals surface area (Å²) in [5.41, 5.74) is 3.54. The monoisotopic (exact) mass is 613 g/mol. The number of benzene rings is 1. The quantitative estimate of drug-likeness (QED) is 0.400. The third-order valence-electron chi connectivity index (χ3n) is 7.05. The van der Waals surface area contributed by atoms with E-state index in [2.05, 4.69) is 54.3 Å². The van der Waals surface area contributed by atoms with Crippen LogP contribution in [0.3, 0.4) is 0 Å². The molecule has 0 aliphatic carbocycles. The summed E-state index contributed by atoms with van der Waals surface area (Å²) >= 11 is 1.85. The lowest BCUT2D eigenvalue weighted by atomic mass is 10.1. The molecule has 0 unspecified atom stereocenters. The summed E-state index contributed by atoms with van der Waals surface area (Å²) in [6.45, 7) is 8.38. The molecule has 2 saturated heterocycles. The van der Waals surface area contributed by atoms with E-state index < -0.39 is 20.1 Å². The summed E-state index contributed by atoms with van der Waals surface area (Å²) in [4.78, 5) is 7.44. The second-order valence-electron chi connectivity index (χ2n) is 10.1. The molecule has 16 heteroatoms. The van der Waals surface area contributed by atoms with Gasteiger partial charge in [-0.05, 0) is 12.1 Å². The number of hydrogen-bond donors (Lipinski definition) is 2. The fourth-order valence-electron chi connectivity index (χ4n) is 5.20. The van der Waals surface area contributed by atoms with Gasteiger partial charge in [0.05, 0.1) is 56.5 Å². The Hall–Kier alpha value is -2.15. The minimum absolute atomic E-state index is 0.558. The van der Waals surface area contributed by atoms with Gasteiger partial charge < -0.3 is 4.74 Å². The lowest BCUT2D eigenvalue weighted by Gasteiger charge is -2.45. The summed E-state index contributed by atoms with van der Waals surface area (Å²) < 4.78 is 56.9. The van der Waals surface area contributed by atoms with Crippen LogP contribution < -0.4 is 5.01 Å². The predicted octanol–water partition coefficient (Wildman–Crippen LogP) is 1.16. The summed E-state index contributed by atoms with van der Waals surface area (Å²) in [6.07, 6.45) is 3.92. The molecule has 2 N–H and O–H groups in total. The van der Waals surface area contributed by atoms with E-state index >= 15 is 0 Å². The number of aromatic amines is 1. The van der Waals surface area contributed by atoms with Gasteiger partial charge in [0, 0.05) is 66.5 Å². The van der Waals surface area contributed by atoms with Gasteiger partial charge in [-0.1, -0.05) is 12.1 Å². The number of ether oxygens (including phenoxy) is 1. The van der Waals surface area contributed by atoms with Crippen LogP contribution in [-0.2, 0) is 31.4 Å². The topological polar surface area (TPSA) is 143 Å². The number of piperazine rings is 1. The second kappa shape index (κ2) is 12.0. The maximum atomic E-state index is 11.9. The molecule has 40 heavy (non-hydrogen) atoms. The van der Waals surface area contributed by atoms with Crippen molar-refractivity contribution in [2.24, 2.45) is 0 Å². The standard InChI is InChI=1S/C23H31N7O3S2.CH4O3S/c1-35(31,32)29-7-5-26(6-8-29)16-27-15-23-21(30(17-27)28-9-11-33-12-10-28)13-22(34-23)18-3-2-4-20-19(18)14-24-25-20;1-5(2,3)4/h2-4,13-14H,5-12,15-17H2,1H3,(H,24,25);1H3,(H,2,3,4). The number of anilines is 1. The zero-order valence-corrected chi connectivity index (χ0v) is 25.0. The zero-order valence-electron chi connectivity index (χ0n) is 22.6. The van der Waals surface area contributed by atoms with Gasteiger partial charge in [0.15, 0.2) is 0 Å². The highest BCUT2D eigenvalue weighted by atomic mass is 32.2. The number of nitrogens with zero attached hydrogens (tertiary/aromatic N) is 6. The van der Waals surface area contributed by atoms with E-state index in [4.69, 9.17) is 9.29 Å². The predicted molar refractivity (Wildman–Crippen MR) is 155 cm³/mol. The zero-order chi connectivity index (χ0) is 28.5. The van der Waals surface area contributed by atoms with Gasteiger partial charge >= 0.3 is 0 Å². The Kier molecular flexibility index (Phi) is 8.80. The molecule has 3 aliphatic heterocycles. The van der Waals surface area contributed by atoms with Crippen molar-refractivity contribution >= 4 is 48.1 Å². The Morgan fingerprint density at radius 1 is 1.02 bits per heavy atom. The van der Waals surface area contributed by atoms with Crippen LogP contribution in [0.15, 0.2) is 30.5 Å². The number of H-pyrrole nitrogens is 1. The van der Waals surface area contributed by atoms with Crippen molar-refractivity contribution in [2.75, 3.05) is 83.3 Å². The van der Waals surface area contributed by atoms with Crippen molar-refractivity contribution in [3.8, 4) is 10.4 Å². The molecule has 13 nitrogen and oxygen atoms in total. The number of hydrazine groups is 1. The minimum Gasteiger partial charge on any atom is -0.379 e. The van der Waals surface area contributed by atoms with Crippen LogP contribution in [-0.4, -0.2) is 129 Å². The number of aromatic nitrogens is 2. The summed E-state index contributed by atoms with van der Waals surface area (Å²) in [6, 6.07) is 8.65. The fraction of sp³-hybridized carbons (Fsp3) is 0.542. The number of nitrogens with one attached hydrogen (secondary N) is 1. The van der Waals surface area contributed by atoms with Gasteiger partial charge in [0.25, 0.3) is 10.1 Å². The van der Waals surface area contributed by atoms with Gasteiger partial charge in [-0.2, -0.15) is 17.8 Å². The van der Waals surface area contributed by atoms with Gasteiger partial charge in [0.2, 0.25) is 10.0 Å². The maximum absolute atomic E-state index is 11.9. The van der Waals surface area contributed by atoms with E-state index in [-0.39, 0.29) is 0 Å². The summed E-state index contributed by atoms with van der Waals surface area (Å²) in [5.74, 6) is 0. The van der Waals surface area contributed by atoms with Crippen molar-refractivity contribution in [3.05, 3.63) is 35.3 Å². The molecule has 1 aromatic carbocycles. The number of sulfonamides is 1. The first-order valence-corrected chi connectivity index (χ1v) is 17.4. The average Bonchev–Trinajstić information content (AvgIpc) is 3.55. The van der Waals surface area contributed by atoms with Crippen molar-refractivity contribution in [1.82, 2.24) is 29.3 Å². The third kappa shape index (κ3) is 7.18. The highest BCUT2D eigenvalue weighted by molar-refractivity contribution is 7.88. The maximum Gasteiger partial charge on any atom is 0.261 e. The van der Waals surface area contributed by atoms with E-state index in [9.17, 15) is 16.8 Å². The smallest absolute Gasteiger partial charge is 0.261 e. The van der Waals surface area contributed by atoms with Gasteiger partial charge in [-0.15, -0.1) is 11.3 Å². The Bertz CT molecular complexity index is 1520. The van der Waals surface area contributed by atoms with Crippen molar-refractivity contribution in [2.45, 2.75) is 6.54 Å². The first kappa shape index (κ1) is 29.3. The Labute approximate surface area is 238 Å². The molecule has 0 spiro atoms. The lowest BCUT2D eigenvalue weighted by Crippen LogP contribution is -2.57. The molecule has 0 saturated carbocycles. The van der Waals surface area contributed by atoms with Crippen LogP contribution in [0.4, 0.5) is 5.69 Å². The normalized spacial score (nSPS) is 20.3. The third-order valence-corrected chi connectivity index (χ3v) is 9.49. The van der Waals surface area contributed by atoms with E-state index in [1.54, 1.807) is 4.31 Å². The van der Waals surface area contributed by atoms with Gasteiger partial charge in [-0.25, -0.2) is 13.4 Å². The SMILES string of the molecule is CS(=O)(=O)N1CCN(CN2Cc3sc(-c4cccc5[nH]ncc45)cc3N(N3CCOCC3)C2)CC1.CS(=O)(=O)O. The number of hydrogen-bond acceptors (Lipinski definition) is 11. The van der Waals surface area contributed by atoms with Gasteiger partial charge in [0.1, 0.15) is 0 Å². The first-order valence-electron chi connectivity index (χ1n) is 12.9. The van der Waals surface area contributed by atoms with Crippen LogP contribution in [0.2, 0.25) is 0 Å². The highest BCUT2D eigenvalue weighted by Gasteiger charge is 2.32. The van der Waals surface area contributed by atoms with E-state index in [0.29, 0.717) is 19.3 Å². The van der Waals surface area contributed by atoms with E-state index in [1.165, 1.54) is 27.3 Å². The largest absolute Gasteiger partial charge is 0.379 e. The lowest BCUT2D eigenvalue weighted by molar-refractivity contribution is 0.0139. The average molecular weight is 614 g/mol. The number of fused-ring (bicyclic) bond motifs is 2. The molecule has 0 amide bonds. The molecule has 0 bridgehead atoms. The molecule has 3 aromatic rings. The molecular formula is C24H35N7O6S3. The molecule has 2 aromatic heterocycles. The Balaban J connectivity index is 0.000000595. The Morgan fingerprint density at radius 3 is 2.40 bits per heavy atom. The molecule has 2 fully saturated rings. The minimum atomic E-state index is -3.67. The number of morpholine rings is 1. The van der Waals surface area contributed by atoms with Crippen LogP contribution in [0.25, 0.3) is 21.3 Å². The summed E-state index contributed by atoms with van der Waals surface area (Å²) in [7, 11) is -6.79.